The van der Waals surface area contributed by atoms with Crippen molar-refractivity contribution in [1.29, 1.82) is 0 Å². The van der Waals surface area contributed by atoms with Crippen LogP contribution in [0.5, 0.6) is 0 Å². The summed E-state index contributed by atoms with van der Waals surface area (Å²) in [5, 5.41) is 0. The predicted molar refractivity (Wildman–Crippen MR) is 24.8 cm³/mol. The van der Waals surface area contributed by atoms with Gasteiger partial charge in [0.05, 0.1) is 0 Å². The van der Waals surface area contributed by atoms with E-state index in [1.165, 1.54) is 6.92 Å². The summed E-state index contributed by atoms with van der Waals surface area (Å²) in [4.78, 5) is 0. The molecular weight excluding hydrogens is 116 g/mol. The Balaban J connectivity index is 3.47. The van der Waals surface area contributed by atoms with Crippen LogP contribution in [0.3, 0.4) is 0 Å². The van der Waals surface area contributed by atoms with E-state index in [9.17, 15) is 8.42 Å². The molecule has 0 amide bonds. The van der Waals surface area contributed by atoms with Crippen molar-refractivity contribution in [3.05, 3.63) is 0 Å². The lowest BCUT2D eigenvalue weighted by molar-refractivity contribution is 0.490. The van der Waals surface area contributed by atoms with Gasteiger partial charge < -0.3 is 4.18 Å². The molecule has 0 atom stereocenters. The Morgan fingerprint density at radius 2 is 2.14 bits per heavy atom. The average Bonchev–Trinajstić information content (AvgIpc) is 1.61. The molecule has 0 saturated heterocycles. The number of rotatable bonds is 1. The van der Waals surface area contributed by atoms with Crippen molar-refractivity contribution in [2.24, 2.45) is 0 Å². The van der Waals surface area contributed by atoms with Crippen LogP contribution in [-0.4, -0.2) is 8.42 Å². The SMILES string of the molecule is CC#CO[SH](=O)=O. The van der Waals surface area contributed by atoms with Gasteiger partial charge in [-0.15, -0.1) is 0 Å². The van der Waals surface area contributed by atoms with Crippen LogP contribution >= 0.6 is 0 Å². The monoisotopic (exact) mass is 120 g/mol. The molecule has 0 spiro atoms. The lowest BCUT2D eigenvalue weighted by Crippen LogP contribution is -1.73. The van der Waals surface area contributed by atoms with Gasteiger partial charge in [-0.1, -0.05) is 5.92 Å². The Morgan fingerprint density at radius 1 is 1.57 bits per heavy atom. The third kappa shape index (κ3) is 5.31. The first-order chi connectivity index (χ1) is 3.27. The minimum atomic E-state index is -2.78. The Hall–Kier alpha value is -0.690. The Kier molecular flexibility index (Phi) is 3.15. The van der Waals surface area contributed by atoms with E-state index in [0.717, 1.165) is 0 Å². The molecule has 0 radical (unpaired) electrons. The molecule has 0 fully saturated rings. The largest absolute Gasteiger partial charge is 0.329 e. The number of thiol groups is 1. The molecule has 4 heteroatoms. The second-order valence-electron chi connectivity index (χ2n) is 0.667. The molecule has 0 aromatic rings. The fourth-order valence-electron chi connectivity index (χ4n) is 0.0829. The molecule has 0 aliphatic carbocycles. The number of hydrogen-bond acceptors (Lipinski definition) is 3. The minimum absolute atomic E-state index is 1.48. The van der Waals surface area contributed by atoms with Crippen LogP contribution < -0.4 is 0 Å². The van der Waals surface area contributed by atoms with E-state index in [2.05, 4.69) is 10.1 Å². The summed E-state index contributed by atoms with van der Waals surface area (Å²) in [6.07, 6.45) is 1.90. The van der Waals surface area contributed by atoms with Crippen LogP contribution in [0.15, 0.2) is 0 Å². The first-order valence-corrected chi connectivity index (χ1v) is 2.60. The van der Waals surface area contributed by atoms with Gasteiger partial charge in [0, 0.05) is 6.92 Å². The molecule has 0 aromatic carbocycles. The van der Waals surface area contributed by atoms with Crippen molar-refractivity contribution in [2.45, 2.75) is 6.92 Å². The summed E-state index contributed by atoms with van der Waals surface area (Å²) >= 11 is 0. The van der Waals surface area contributed by atoms with Gasteiger partial charge in [0.1, 0.15) is 6.11 Å². The molecule has 3 nitrogen and oxygen atoms in total. The first-order valence-electron chi connectivity index (χ1n) is 1.50. The standard InChI is InChI=1S/C3H4O3S/c1-2-3-6-7(4)5/h7H,1H3. The third-order valence-electron chi connectivity index (χ3n) is 0.222. The van der Waals surface area contributed by atoms with E-state index in [1.54, 1.807) is 0 Å². The van der Waals surface area contributed by atoms with Gasteiger partial charge >= 0.3 is 11.0 Å². The zero-order valence-electron chi connectivity index (χ0n) is 3.67. The molecule has 0 bridgehead atoms. The quantitative estimate of drug-likeness (QED) is 0.375. The minimum Gasteiger partial charge on any atom is -0.329 e. The van der Waals surface area contributed by atoms with E-state index in [-0.39, 0.29) is 0 Å². The zero-order chi connectivity index (χ0) is 5.70. The van der Waals surface area contributed by atoms with Crippen LogP contribution in [0.4, 0.5) is 0 Å². The van der Waals surface area contributed by atoms with Gasteiger partial charge in [0.2, 0.25) is 0 Å². The highest BCUT2D eigenvalue weighted by molar-refractivity contribution is 7.67. The number of hydrogen-bond donors (Lipinski definition) is 1. The normalized spacial score (nSPS) is 7.14. The molecule has 0 unspecified atom stereocenters. The van der Waals surface area contributed by atoms with Gasteiger partial charge in [-0.3, -0.25) is 0 Å². The summed E-state index contributed by atoms with van der Waals surface area (Å²) in [6.45, 7) is 1.48. The lowest BCUT2D eigenvalue weighted by atomic mass is 10.8. The van der Waals surface area contributed by atoms with E-state index < -0.39 is 11.0 Å². The van der Waals surface area contributed by atoms with Crippen LogP contribution in [0.25, 0.3) is 0 Å². The van der Waals surface area contributed by atoms with E-state index in [4.69, 9.17) is 0 Å². The highest BCUT2D eigenvalue weighted by atomic mass is 32.2. The Bertz CT molecular complexity index is 151. The zero-order valence-corrected chi connectivity index (χ0v) is 4.57. The maximum absolute atomic E-state index is 9.47. The molecule has 0 aliphatic rings. The molecule has 0 aliphatic heterocycles. The van der Waals surface area contributed by atoms with E-state index in [0.29, 0.717) is 0 Å². The summed E-state index contributed by atoms with van der Waals surface area (Å²) in [5.41, 5.74) is 0. The molecule has 0 aromatic heterocycles. The smallest absolute Gasteiger partial charge is 0.307 e. The highest BCUT2D eigenvalue weighted by Crippen LogP contribution is 1.62. The molecule has 40 valence electrons. The summed E-state index contributed by atoms with van der Waals surface area (Å²) < 4.78 is 22.7. The first kappa shape index (κ1) is 6.31. The van der Waals surface area contributed by atoms with E-state index >= 15 is 0 Å². The van der Waals surface area contributed by atoms with Crippen LogP contribution in [0, 0.1) is 12.0 Å². The highest BCUT2D eigenvalue weighted by Gasteiger charge is 1.68. The van der Waals surface area contributed by atoms with Gasteiger partial charge in [-0.2, -0.15) is 8.42 Å². The van der Waals surface area contributed by atoms with E-state index in [1.807, 2.05) is 6.11 Å². The summed E-state index contributed by atoms with van der Waals surface area (Å²) in [6, 6.07) is 0. The third-order valence-corrected chi connectivity index (χ3v) is 0.463. The molecule has 0 heterocycles. The fraction of sp³-hybridized carbons (Fsp3) is 0.333. The van der Waals surface area contributed by atoms with Crippen molar-refractivity contribution in [2.75, 3.05) is 0 Å². The van der Waals surface area contributed by atoms with Gasteiger partial charge in [0.15, 0.2) is 0 Å². The van der Waals surface area contributed by atoms with Crippen LogP contribution in [0.2, 0.25) is 0 Å². The van der Waals surface area contributed by atoms with Crippen LogP contribution in [0.1, 0.15) is 6.92 Å². The molecule has 0 N–H and O–H groups in total. The Labute approximate surface area is 43.4 Å². The summed E-state index contributed by atoms with van der Waals surface area (Å²) in [5.74, 6) is 2.24. The van der Waals surface area contributed by atoms with Crippen molar-refractivity contribution in [3.63, 3.8) is 0 Å². The topological polar surface area (TPSA) is 43.4 Å². The van der Waals surface area contributed by atoms with Gasteiger partial charge in [-0.05, 0) is 0 Å². The van der Waals surface area contributed by atoms with Crippen molar-refractivity contribution in [3.8, 4) is 12.0 Å². The van der Waals surface area contributed by atoms with Crippen molar-refractivity contribution < 1.29 is 12.6 Å². The maximum atomic E-state index is 9.47. The second kappa shape index (κ2) is 3.50. The molecule has 0 saturated carbocycles. The van der Waals surface area contributed by atoms with Gasteiger partial charge in [0.25, 0.3) is 0 Å². The fourth-order valence-corrected chi connectivity index (χ4v) is 0.249. The second-order valence-corrected chi connectivity index (χ2v) is 1.30. The predicted octanol–water partition coefficient (Wildman–Crippen LogP) is -0.490. The average molecular weight is 120 g/mol. The van der Waals surface area contributed by atoms with Crippen molar-refractivity contribution in [1.82, 2.24) is 0 Å². The van der Waals surface area contributed by atoms with Crippen molar-refractivity contribution >= 4 is 11.0 Å². The molecular formula is C3H4O3S. The molecule has 0 rings (SSSR count). The summed E-state index contributed by atoms with van der Waals surface area (Å²) in [7, 11) is -2.78. The lowest BCUT2D eigenvalue weighted by Gasteiger charge is -1.71. The Morgan fingerprint density at radius 3 is 2.29 bits per heavy atom. The van der Waals surface area contributed by atoms with Crippen LogP contribution in [-0.2, 0) is 15.2 Å². The van der Waals surface area contributed by atoms with Gasteiger partial charge in [-0.25, -0.2) is 0 Å². The molecule has 7 heavy (non-hydrogen) atoms. The maximum Gasteiger partial charge on any atom is 0.307 e.